The Balaban J connectivity index is 2.03. The van der Waals surface area contributed by atoms with Crippen LogP contribution in [0, 0.1) is 11.3 Å². The number of nitrogens with one attached hydrogen (secondary N) is 1. The second-order valence-corrected chi connectivity index (χ2v) is 6.57. The molecule has 2 fully saturated rings. The van der Waals surface area contributed by atoms with Crippen LogP contribution in [-0.2, 0) is 4.74 Å². The summed E-state index contributed by atoms with van der Waals surface area (Å²) in [7, 11) is 0. The van der Waals surface area contributed by atoms with E-state index < -0.39 is 24.3 Å². The van der Waals surface area contributed by atoms with Gasteiger partial charge < -0.3 is 20.3 Å². The number of rotatable bonds is 3. The Morgan fingerprint density at radius 3 is 2.47 bits per heavy atom. The molecule has 1 amide bonds. The number of aliphatic hydroxyl groups excluding tert-OH is 2. The molecule has 5 nitrogen and oxygen atoms in total. The second kappa shape index (κ2) is 5.67. The number of hydrogen-bond donors (Lipinski definition) is 3. The van der Waals surface area contributed by atoms with Crippen molar-refractivity contribution in [1.82, 2.24) is 5.32 Å². The van der Waals surface area contributed by atoms with Crippen LogP contribution in [0.2, 0.25) is 0 Å². The van der Waals surface area contributed by atoms with E-state index in [2.05, 4.69) is 5.32 Å². The van der Waals surface area contributed by atoms with Crippen LogP contribution < -0.4 is 5.32 Å². The topological polar surface area (TPSA) is 78.8 Å². The quantitative estimate of drug-likeness (QED) is 0.725. The first-order valence-corrected chi connectivity index (χ1v) is 7.21. The van der Waals surface area contributed by atoms with E-state index in [1.807, 2.05) is 13.8 Å². The van der Waals surface area contributed by atoms with Crippen molar-refractivity contribution in [3.05, 3.63) is 0 Å². The summed E-state index contributed by atoms with van der Waals surface area (Å²) in [6.07, 6.45) is 3.11. The van der Waals surface area contributed by atoms with Crippen LogP contribution in [-0.4, -0.2) is 41.2 Å². The zero-order valence-electron chi connectivity index (χ0n) is 11.8. The summed E-state index contributed by atoms with van der Waals surface area (Å²) < 4.78 is 4.96. The van der Waals surface area contributed by atoms with E-state index >= 15 is 0 Å². The molecule has 0 aromatic rings. The average Bonchev–Trinajstić information content (AvgIpc) is 2.41. The molecule has 0 aromatic heterocycles. The third-order valence-corrected chi connectivity index (χ3v) is 4.51. The number of aliphatic hydroxyl groups is 2. The first-order valence-electron chi connectivity index (χ1n) is 7.21. The maximum atomic E-state index is 11.3. The highest BCUT2D eigenvalue weighted by Gasteiger charge is 2.45. The summed E-state index contributed by atoms with van der Waals surface area (Å²) >= 11 is 0. The van der Waals surface area contributed by atoms with Crippen molar-refractivity contribution < 1.29 is 19.7 Å². The third kappa shape index (κ3) is 3.20. The maximum absolute atomic E-state index is 11.3. The first-order chi connectivity index (χ1) is 8.92. The van der Waals surface area contributed by atoms with Gasteiger partial charge >= 0.3 is 6.09 Å². The zero-order chi connectivity index (χ0) is 14.0. The van der Waals surface area contributed by atoms with Gasteiger partial charge in [-0.05, 0) is 18.8 Å². The van der Waals surface area contributed by atoms with Crippen LogP contribution in [0.3, 0.4) is 0 Å². The van der Waals surface area contributed by atoms with Gasteiger partial charge in [-0.1, -0.05) is 33.1 Å². The number of carbonyl (C=O) groups is 1. The number of ether oxygens (including phenoxy) is 1. The van der Waals surface area contributed by atoms with Gasteiger partial charge in [0.05, 0.1) is 12.1 Å². The fourth-order valence-corrected chi connectivity index (χ4v) is 3.20. The lowest BCUT2D eigenvalue weighted by atomic mass is 9.75. The number of amides is 1. The van der Waals surface area contributed by atoms with Crippen LogP contribution in [0.4, 0.5) is 4.79 Å². The van der Waals surface area contributed by atoms with Gasteiger partial charge in [0.15, 0.2) is 0 Å². The number of hydrogen-bond acceptors (Lipinski definition) is 4. The molecule has 5 heteroatoms. The van der Waals surface area contributed by atoms with E-state index in [0.29, 0.717) is 0 Å². The largest absolute Gasteiger partial charge is 0.449 e. The van der Waals surface area contributed by atoms with Crippen molar-refractivity contribution in [1.29, 1.82) is 0 Å². The Kier molecular flexibility index (Phi) is 4.36. The molecule has 0 bridgehead atoms. The summed E-state index contributed by atoms with van der Waals surface area (Å²) in [4.78, 5) is 11.3. The fourth-order valence-electron chi connectivity index (χ4n) is 3.20. The molecule has 1 aliphatic carbocycles. The fraction of sp³-hybridized carbons (Fsp3) is 0.929. The Hall–Kier alpha value is -0.810. The van der Waals surface area contributed by atoms with Crippen LogP contribution in [0.5, 0.6) is 0 Å². The molecule has 0 radical (unpaired) electrons. The Morgan fingerprint density at radius 2 is 1.84 bits per heavy atom. The second-order valence-electron chi connectivity index (χ2n) is 6.57. The lowest BCUT2D eigenvalue weighted by Gasteiger charge is -2.43. The van der Waals surface area contributed by atoms with Crippen molar-refractivity contribution >= 4 is 6.09 Å². The van der Waals surface area contributed by atoms with Gasteiger partial charge in [0.25, 0.3) is 0 Å². The minimum absolute atomic E-state index is 0.138. The molecule has 3 atom stereocenters. The van der Waals surface area contributed by atoms with Gasteiger partial charge in [0.2, 0.25) is 0 Å². The van der Waals surface area contributed by atoms with E-state index in [9.17, 15) is 15.0 Å². The minimum Gasteiger partial charge on any atom is -0.449 e. The predicted octanol–water partition coefficient (Wildman–Crippen LogP) is 1.42. The molecule has 2 rings (SSSR count). The van der Waals surface area contributed by atoms with Crippen molar-refractivity contribution in [2.24, 2.45) is 11.3 Å². The van der Waals surface area contributed by atoms with Gasteiger partial charge in [0, 0.05) is 5.41 Å². The molecule has 1 saturated carbocycles. The van der Waals surface area contributed by atoms with Gasteiger partial charge in [-0.2, -0.15) is 0 Å². The van der Waals surface area contributed by atoms with Gasteiger partial charge in [-0.3, -0.25) is 0 Å². The molecule has 2 aliphatic rings. The molecule has 110 valence electrons. The van der Waals surface area contributed by atoms with Crippen molar-refractivity contribution in [3.8, 4) is 0 Å². The lowest BCUT2D eigenvalue weighted by molar-refractivity contribution is -0.0841. The third-order valence-electron chi connectivity index (χ3n) is 4.51. The highest BCUT2D eigenvalue weighted by atomic mass is 16.6. The van der Waals surface area contributed by atoms with Crippen molar-refractivity contribution in [2.75, 3.05) is 6.61 Å². The highest BCUT2D eigenvalue weighted by molar-refractivity contribution is 5.68. The molecule has 1 saturated heterocycles. The number of cyclic esters (lactones) is 1. The van der Waals surface area contributed by atoms with E-state index in [0.717, 1.165) is 25.7 Å². The van der Waals surface area contributed by atoms with Gasteiger partial charge in [-0.15, -0.1) is 0 Å². The zero-order valence-corrected chi connectivity index (χ0v) is 11.8. The summed E-state index contributed by atoms with van der Waals surface area (Å²) in [6.45, 7) is 4.11. The summed E-state index contributed by atoms with van der Waals surface area (Å²) in [5, 5.41) is 23.5. The SMILES string of the molecule is CC1(C)COC(=O)N[C@@H]1[C@H](O)[C@@H](O)C1CCCCC1. The Labute approximate surface area is 114 Å². The summed E-state index contributed by atoms with van der Waals surface area (Å²) in [5.74, 6) is 0.138. The monoisotopic (exact) mass is 271 g/mol. The van der Waals surface area contributed by atoms with E-state index in [-0.39, 0.29) is 17.9 Å². The van der Waals surface area contributed by atoms with E-state index in [1.54, 1.807) is 0 Å². The summed E-state index contributed by atoms with van der Waals surface area (Å²) in [5.41, 5.74) is -0.386. The number of carbonyl (C=O) groups excluding carboxylic acids is 1. The first kappa shape index (κ1) is 14.6. The smallest absolute Gasteiger partial charge is 0.407 e. The molecular weight excluding hydrogens is 246 g/mol. The lowest BCUT2D eigenvalue weighted by Crippen LogP contribution is -2.61. The maximum Gasteiger partial charge on any atom is 0.407 e. The van der Waals surface area contributed by atoms with E-state index in [4.69, 9.17) is 4.74 Å². The molecule has 0 spiro atoms. The van der Waals surface area contributed by atoms with Crippen LogP contribution >= 0.6 is 0 Å². The molecule has 1 aliphatic heterocycles. The molecule has 3 N–H and O–H groups in total. The van der Waals surface area contributed by atoms with Crippen molar-refractivity contribution in [2.45, 2.75) is 64.2 Å². The molecule has 0 unspecified atom stereocenters. The number of alkyl carbamates (subject to hydrolysis) is 1. The Bertz CT molecular complexity index is 325. The Morgan fingerprint density at radius 1 is 1.21 bits per heavy atom. The van der Waals surface area contributed by atoms with Crippen molar-refractivity contribution in [3.63, 3.8) is 0 Å². The van der Waals surface area contributed by atoms with Crippen LogP contribution in [0.1, 0.15) is 46.0 Å². The standard InChI is InChI=1S/C14H25NO4/c1-14(2)8-19-13(18)15-12(14)11(17)10(16)9-6-4-3-5-7-9/h9-12,16-17H,3-8H2,1-2H3,(H,15,18)/t10-,11+,12+/m0/s1. The normalized spacial score (nSPS) is 31.2. The molecule has 19 heavy (non-hydrogen) atoms. The van der Waals surface area contributed by atoms with Gasteiger partial charge in [-0.25, -0.2) is 4.79 Å². The molecule has 1 heterocycles. The average molecular weight is 271 g/mol. The summed E-state index contributed by atoms with van der Waals surface area (Å²) in [6, 6.07) is -0.467. The predicted molar refractivity (Wildman–Crippen MR) is 70.6 cm³/mol. The van der Waals surface area contributed by atoms with Gasteiger partial charge in [0.1, 0.15) is 12.7 Å². The highest BCUT2D eigenvalue weighted by Crippen LogP contribution is 2.33. The van der Waals surface area contributed by atoms with Crippen LogP contribution in [0.15, 0.2) is 0 Å². The molecular formula is C14H25NO4. The minimum atomic E-state index is -0.939. The van der Waals surface area contributed by atoms with Crippen LogP contribution in [0.25, 0.3) is 0 Å². The van der Waals surface area contributed by atoms with E-state index in [1.165, 1.54) is 6.42 Å². The molecule has 0 aromatic carbocycles.